The molecule has 1 saturated heterocycles. The van der Waals surface area contributed by atoms with E-state index in [1.807, 2.05) is 38.1 Å². The summed E-state index contributed by atoms with van der Waals surface area (Å²) in [5.41, 5.74) is 5.61. The van der Waals surface area contributed by atoms with Crippen molar-refractivity contribution in [1.82, 2.24) is 14.7 Å². The Hall–Kier alpha value is -2.92. The van der Waals surface area contributed by atoms with E-state index in [-0.39, 0.29) is 11.8 Å². The Labute approximate surface area is 184 Å². The van der Waals surface area contributed by atoms with Crippen molar-refractivity contribution in [2.45, 2.75) is 33.7 Å². The van der Waals surface area contributed by atoms with Crippen LogP contribution in [0.15, 0.2) is 54.2 Å². The van der Waals surface area contributed by atoms with Gasteiger partial charge in [-0.15, -0.1) is 0 Å². The highest BCUT2D eigenvalue weighted by molar-refractivity contribution is 6.35. The highest BCUT2D eigenvalue weighted by Gasteiger charge is 2.41. The number of benzene rings is 2. The third kappa shape index (κ3) is 4.28. The first-order chi connectivity index (χ1) is 15.0. The summed E-state index contributed by atoms with van der Waals surface area (Å²) in [5, 5.41) is 0. The lowest BCUT2D eigenvalue weighted by molar-refractivity contribution is -0.137. The summed E-state index contributed by atoms with van der Waals surface area (Å²) < 4.78 is 0. The highest BCUT2D eigenvalue weighted by Crippen LogP contribution is 2.33. The minimum atomic E-state index is -0.156. The lowest BCUT2D eigenvalue weighted by atomic mass is 9.99. The van der Waals surface area contributed by atoms with Crippen LogP contribution < -0.4 is 0 Å². The molecule has 162 valence electrons. The molecule has 2 heterocycles. The van der Waals surface area contributed by atoms with Crippen LogP contribution in [0.2, 0.25) is 0 Å². The van der Waals surface area contributed by atoms with Gasteiger partial charge < -0.3 is 4.90 Å². The largest absolute Gasteiger partial charge is 0.364 e. The normalized spacial score (nSPS) is 17.8. The number of imide groups is 1. The van der Waals surface area contributed by atoms with E-state index in [2.05, 4.69) is 41.0 Å². The molecule has 5 nitrogen and oxygen atoms in total. The van der Waals surface area contributed by atoms with Gasteiger partial charge in [0.25, 0.3) is 11.8 Å². The Kier molecular flexibility index (Phi) is 6.23. The van der Waals surface area contributed by atoms with Gasteiger partial charge in [0, 0.05) is 39.3 Å². The van der Waals surface area contributed by atoms with Crippen molar-refractivity contribution < 1.29 is 9.59 Å². The first-order valence-electron chi connectivity index (χ1n) is 11.2. The van der Waals surface area contributed by atoms with Gasteiger partial charge in [0.15, 0.2) is 0 Å². The van der Waals surface area contributed by atoms with E-state index >= 15 is 0 Å². The first-order valence-corrected chi connectivity index (χ1v) is 11.2. The van der Waals surface area contributed by atoms with Crippen LogP contribution >= 0.6 is 0 Å². The second-order valence-electron chi connectivity index (χ2n) is 8.53. The predicted octanol–water partition coefficient (Wildman–Crippen LogP) is 3.61. The van der Waals surface area contributed by atoms with Crippen LogP contribution in [0, 0.1) is 13.8 Å². The molecule has 0 unspecified atom stereocenters. The number of piperazine rings is 1. The Morgan fingerprint density at radius 3 is 2.19 bits per heavy atom. The van der Waals surface area contributed by atoms with E-state index < -0.39 is 0 Å². The predicted molar refractivity (Wildman–Crippen MR) is 123 cm³/mol. The maximum Gasteiger partial charge on any atom is 0.277 e. The lowest BCUT2D eigenvalue weighted by Gasteiger charge is -2.36. The summed E-state index contributed by atoms with van der Waals surface area (Å²) in [7, 11) is 0. The van der Waals surface area contributed by atoms with Gasteiger partial charge in [0.05, 0.1) is 5.57 Å². The van der Waals surface area contributed by atoms with Gasteiger partial charge >= 0.3 is 0 Å². The van der Waals surface area contributed by atoms with Crippen molar-refractivity contribution in [2.24, 2.45) is 0 Å². The fourth-order valence-electron chi connectivity index (χ4n) is 4.41. The molecule has 31 heavy (non-hydrogen) atoms. The number of rotatable bonds is 6. The molecular formula is C26H31N3O2. The third-order valence-corrected chi connectivity index (χ3v) is 6.32. The zero-order valence-corrected chi connectivity index (χ0v) is 18.7. The second-order valence-corrected chi connectivity index (χ2v) is 8.53. The van der Waals surface area contributed by atoms with Crippen LogP contribution in [0.5, 0.6) is 0 Å². The maximum absolute atomic E-state index is 13.3. The Balaban J connectivity index is 1.60. The molecule has 5 heteroatoms. The number of hydrogen-bond donors (Lipinski definition) is 0. The molecule has 2 amide bonds. The van der Waals surface area contributed by atoms with Gasteiger partial charge in [-0.3, -0.25) is 19.4 Å². The van der Waals surface area contributed by atoms with Crippen LogP contribution in [0.1, 0.15) is 35.6 Å². The molecule has 0 bridgehead atoms. The molecule has 0 N–H and O–H groups in total. The van der Waals surface area contributed by atoms with E-state index in [1.54, 1.807) is 0 Å². The number of hydrogen-bond acceptors (Lipinski definition) is 4. The fraction of sp³-hybridized carbons (Fsp3) is 0.385. The smallest absolute Gasteiger partial charge is 0.277 e. The van der Waals surface area contributed by atoms with Crippen LogP contribution in [0.3, 0.4) is 0 Å². The number of amides is 2. The highest BCUT2D eigenvalue weighted by atomic mass is 16.2. The van der Waals surface area contributed by atoms with Crippen LogP contribution in [0.25, 0.3) is 5.57 Å². The third-order valence-electron chi connectivity index (χ3n) is 6.32. The van der Waals surface area contributed by atoms with Crippen LogP contribution in [0.4, 0.5) is 0 Å². The number of aryl methyl sites for hydroxylation is 2. The molecule has 0 aliphatic carbocycles. The first kappa shape index (κ1) is 21.3. The molecule has 2 aromatic carbocycles. The molecule has 0 aromatic heterocycles. The average Bonchev–Trinajstić information content (AvgIpc) is 3.02. The molecule has 0 saturated carbocycles. The summed E-state index contributed by atoms with van der Waals surface area (Å²) in [5.74, 6) is -0.298. The zero-order chi connectivity index (χ0) is 22.0. The minimum absolute atomic E-state index is 0.142. The van der Waals surface area contributed by atoms with E-state index in [9.17, 15) is 9.59 Å². The molecule has 1 fully saturated rings. The topological polar surface area (TPSA) is 43.9 Å². The zero-order valence-electron chi connectivity index (χ0n) is 18.7. The summed E-state index contributed by atoms with van der Waals surface area (Å²) in [4.78, 5) is 32.5. The summed E-state index contributed by atoms with van der Waals surface area (Å²) >= 11 is 0. The van der Waals surface area contributed by atoms with Crippen molar-refractivity contribution in [2.75, 3.05) is 32.7 Å². The average molecular weight is 418 g/mol. The van der Waals surface area contributed by atoms with E-state index in [1.165, 1.54) is 16.0 Å². The van der Waals surface area contributed by atoms with Crippen molar-refractivity contribution in [3.8, 4) is 0 Å². The molecule has 2 aliphatic rings. The number of carbonyl (C=O) groups excluding carboxylic acids is 2. The molecule has 2 aromatic rings. The molecule has 2 aliphatic heterocycles. The molecule has 0 spiro atoms. The van der Waals surface area contributed by atoms with Gasteiger partial charge in [-0.25, -0.2) is 0 Å². The lowest BCUT2D eigenvalue weighted by Crippen LogP contribution is -2.47. The van der Waals surface area contributed by atoms with Gasteiger partial charge in [-0.05, 0) is 42.5 Å². The Bertz CT molecular complexity index is 1000. The van der Waals surface area contributed by atoms with Crippen LogP contribution in [-0.2, 0) is 16.1 Å². The molecule has 4 rings (SSSR count). The van der Waals surface area contributed by atoms with E-state index in [4.69, 9.17) is 0 Å². The fourth-order valence-corrected chi connectivity index (χ4v) is 4.41. The molecule has 0 atom stereocenters. The summed E-state index contributed by atoms with van der Waals surface area (Å²) in [6, 6.07) is 16.5. The minimum Gasteiger partial charge on any atom is -0.364 e. The summed E-state index contributed by atoms with van der Waals surface area (Å²) in [6.45, 7) is 10.7. The number of nitrogens with zero attached hydrogens (tertiary/aromatic N) is 3. The van der Waals surface area contributed by atoms with Crippen molar-refractivity contribution in [1.29, 1.82) is 0 Å². The molecular weight excluding hydrogens is 386 g/mol. The maximum atomic E-state index is 13.3. The second kappa shape index (κ2) is 9.06. The summed E-state index contributed by atoms with van der Waals surface area (Å²) in [6.07, 6.45) is 0.760. The van der Waals surface area contributed by atoms with Crippen molar-refractivity contribution >= 4 is 17.4 Å². The SMILES string of the molecule is CCCN1C(=O)C(c2ccc(C)c(C)c2)=C(N2CCN(Cc3ccccc3)CC2)C1=O. The Morgan fingerprint density at radius 2 is 1.55 bits per heavy atom. The Morgan fingerprint density at radius 1 is 0.839 bits per heavy atom. The monoisotopic (exact) mass is 417 g/mol. The van der Waals surface area contributed by atoms with Gasteiger partial charge in [0.2, 0.25) is 0 Å². The van der Waals surface area contributed by atoms with Gasteiger partial charge in [-0.2, -0.15) is 0 Å². The molecule has 0 radical (unpaired) electrons. The van der Waals surface area contributed by atoms with E-state index in [0.717, 1.165) is 50.3 Å². The van der Waals surface area contributed by atoms with Crippen molar-refractivity contribution in [3.63, 3.8) is 0 Å². The van der Waals surface area contributed by atoms with E-state index in [0.29, 0.717) is 17.8 Å². The van der Waals surface area contributed by atoms with Crippen molar-refractivity contribution in [3.05, 3.63) is 76.5 Å². The number of carbonyl (C=O) groups is 2. The van der Waals surface area contributed by atoms with Gasteiger partial charge in [-0.1, -0.05) is 55.5 Å². The van der Waals surface area contributed by atoms with Crippen LogP contribution in [-0.4, -0.2) is 59.2 Å². The quantitative estimate of drug-likeness (QED) is 0.674. The standard InChI is InChI=1S/C26H31N3O2/c1-4-12-29-25(30)23(22-11-10-19(2)20(3)17-22)24(26(29)31)28-15-13-27(14-16-28)18-21-8-6-5-7-9-21/h5-11,17H,4,12-16,18H2,1-3H3. The van der Waals surface area contributed by atoms with Gasteiger partial charge in [0.1, 0.15) is 5.70 Å².